The van der Waals surface area contributed by atoms with Crippen LogP contribution in [0.5, 0.6) is 0 Å². The molecule has 0 fully saturated rings. The van der Waals surface area contributed by atoms with Gasteiger partial charge >= 0.3 is 5.97 Å². The van der Waals surface area contributed by atoms with Gasteiger partial charge in [-0.2, -0.15) is 12.6 Å². The van der Waals surface area contributed by atoms with Gasteiger partial charge in [-0.05, 0) is 13.8 Å². The molecule has 12 heavy (non-hydrogen) atoms. The van der Waals surface area contributed by atoms with Gasteiger partial charge in [-0.3, -0.25) is 4.79 Å². The van der Waals surface area contributed by atoms with Gasteiger partial charge < -0.3 is 9.47 Å². The first kappa shape index (κ1) is 11.8. The number of rotatable bonds is 5. The fourth-order valence-corrected chi connectivity index (χ4v) is 0.638. The summed E-state index contributed by atoms with van der Waals surface area (Å²) in [6.45, 7) is 4.02. The lowest BCUT2D eigenvalue weighted by atomic mass is 10.3. The average molecular weight is 192 g/mol. The second-order valence-electron chi connectivity index (χ2n) is 2.68. The molecular formula is C8H16O3S. The minimum Gasteiger partial charge on any atom is -0.465 e. The summed E-state index contributed by atoms with van der Waals surface area (Å²) in [5, 5.41) is -0.345. The molecule has 0 amide bonds. The number of hydrogen-bond acceptors (Lipinski definition) is 4. The van der Waals surface area contributed by atoms with Crippen LogP contribution in [-0.2, 0) is 14.3 Å². The third-order valence-electron chi connectivity index (χ3n) is 1.51. The zero-order valence-corrected chi connectivity index (χ0v) is 8.64. The van der Waals surface area contributed by atoms with Crippen LogP contribution in [-0.4, -0.2) is 31.0 Å². The molecule has 0 aromatic carbocycles. The van der Waals surface area contributed by atoms with Crippen molar-refractivity contribution in [3.05, 3.63) is 0 Å². The van der Waals surface area contributed by atoms with Crippen molar-refractivity contribution >= 4 is 18.6 Å². The van der Waals surface area contributed by atoms with Crippen molar-refractivity contribution in [3.8, 4) is 0 Å². The summed E-state index contributed by atoms with van der Waals surface area (Å²) in [5.41, 5.74) is 0. The largest absolute Gasteiger partial charge is 0.465 e. The van der Waals surface area contributed by atoms with Crippen LogP contribution in [0.25, 0.3) is 0 Å². The van der Waals surface area contributed by atoms with Gasteiger partial charge in [-0.15, -0.1) is 0 Å². The Balaban J connectivity index is 3.37. The number of carbonyl (C=O) groups excluding carboxylic acids is 1. The molecular weight excluding hydrogens is 176 g/mol. The van der Waals surface area contributed by atoms with E-state index in [2.05, 4.69) is 12.6 Å². The molecule has 72 valence electrons. The summed E-state index contributed by atoms with van der Waals surface area (Å²) in [4.78, 5) is 10.9. The third kappa shape index (κ3) is 5.43. The van der Waals surface area contributed by atoms with Crippen LogP contribution in [0.1, 0.15) is 20.3 Å². The van der Waals surface area contributed by atoms with E-state index in [-0.39, 0.29) is 17.3 Å². The molecule has 0 radical (unpaired) electrons. The molecule has 0 saturated heterocycles. The van der Waals surface area contributed by atoms with Crippen LogP contribution < -0.4 is 0 Å². The van der Waals surface area contributed by atoms with Crippen LogP contribution >= 0.6 is 12.6 Å². The van der Waals surface area contributed by atoms with Crippen molar-refractivity contribution in [2.45, 2.75) is 31.6 Å². The first-order valence-electron chi connectivity index (χ1n) is 3.95. The molecule has 0 aliphatic carbocycles. The zero-order valence-electron chi connectivity index (χ0n) is 7.74. The van der Waals surface area contributed by atoms with E-state index in [1.54, 1.807) is 14.0 Å². The van der Waals surface area contributed by atoms with Crippen molar-refractivity contribution in [2.24, 2.45) is 0 Å². The monoisotopic (exact) mass is 192 g/mol. The topological polar surface area (TPSA) is 35.5 Å². The number of carbonyl (C=O) groups is 1. The zero-order chi connectivity index (χ0) is 9.56. The highest BCUT2D eigenvalue weighted by Gasteiger charge is 2.09. The molecule has 0 aromatic rings. The van der Waals surface area contributed by atoms with Gasteiger partial charge in [0.1, 0.15) is 0 Å². The summed E-state index contributed by atoms with van der Waals surface area (Å²) in [7, 11) is 1.63. The van der Waals surface area contributed by atoms with Crippen molar-refractivity contribution in [2.75, 3.05) is 13.7 Å². The molecule has 2 unspecified atom stereocenters. The maximum Gasteiger partial charge on any atom is 0.318 e. The average Bonchev–Trinajstić information content (AvgIpc) is 2.03. The maximum absolute atomic E-state index is 10.9. The number of esters is 1. The summed E-state index contributed by atoms with van der Waals surface area (Å²) >= 11 is 3.93. The molecule has 0 heterocycles. The molecule has 0 saturated carbocycles. The van der Waals surface area contributed by atoms with Gasteiger partial charge in [0.2, 0.25) is 0 Å². The highest BCUT2D eigenvalue weighted by Crippen LogP contribution is 1.99. The molecule has 3 nitrogen and oxygen atoms in total. The highest BCUT2D eigenvalue weighted by atomic mass is 32.1. The van der Waals surface area contributed by atoms with E-state index in [0.29, 0.717) is 6.61 Å². The van der Waals surface area contributed by atoms with E-state index < -0.39 is 0 Å². The molecule has 0 aromatic heterocycles. The summed E-state index contributed by atoms with van der Waals surface area (Å²) in [6.07, 6.45) is 0.857. The van der Waals surface area contributed by atoms with Crippen molar-refractivity contribution < 1.29 is 14.3 Å². The molecule has 0 aliphatic heterocycles. The smallest absolute Gasteiger partial charge is 0.318 e. The molecule has 2 atom stereocenters. The molecule has 0 N–H and O–H groups in total. The lowest BCUT2D eigenvalue weighted by Crippen LogP contribution is -2.17. The first-order valence-corrected chi connectivity index (χ1v) is 4.47. The second kappa shape index (κ2) is 6.31. The van der Waals surface area contributed by atoms with Crippen LogP contribution in [0.3, 0.4) is 0 Å². The standard InChI is InChI=1S/C8H16O3S/c1-6(10-3)4-5-11-8(9)7(2)12/h6-7,12H,4-5H2,1-3H3. The minimum atomic E-state index is -0.345. The van der Waals surface area contributed by atoms with E-state index in [1.807, 2.05) is 6.92 Å². The summed E-state index contributed by atoms with van der Waals surface area (Å²) < 4.78 is 9.86. The SMILES string of the molecule is COC(C)CCOC(=O)C(C)S. The third-order valence-corrected chi connectivity index (χ3v) is 1.72. The highest BCUT2D eigenvalue weighted by molar-refractivity contribution is 7.81. The van der Waals surface area contributed by atoms with Gasteiger partial charge in [0.15, 0.2) is 0 Å². The number of thiol groups is 1. The van der Waals surface area contributed by atoms with Crippen molar-refractivity contribution in [1.82, 2.24) is 0 Å². The molecule has 4 heteroatoms. The van der Waals surface area contributed by atoms with E-state index in [9.17, 15) is 4.79 Å². The Morgan fingerprint density at radius 1 is 1.50 bits per heavy atom. The fraction of sp³-hybridized carbons (Fsp3) is 0.875. The minimum absolute atomic E-state index is 0.132. The molecule has 0 rings (SSSR count). The number of hydrogen-bond donors (Lipinski definition) is 1. The second-order valence-corrected chi connectivity index (χ2v) is 3.45. The van der Waals surface area contributed by atoms with Crippen LogP contribution in [0, 0.1) is 0 Å². The Hall–Kier alpha value is -0.220. The Morgan fingerprint density at radius 3 is 2.50 bits per heavy atom. The van der Waals surface area contributed by atoms with Crippen LogP contribution in [0.15, 0.2) is 0 Å². The number of methoxy groups -OCH3 is 1. The fourth-order valence-electron chi connectivity index (χ4n) is 0.564. The summed E-state index contributed by atoms with van der Waals surface area (Å²) in [6, 6.07) is 0. The van der Waals surface area contributed by atoms with Gasteiger partial charge in [0.25, 0.3) is 0 Å². The predicted molar refractivity (Wildman–Crippen MR) is 50.5 cm³/mol. The van der Waals surface area contributed by atoms with E-state index in [4.69, 9.17) is 9.47 Å². The molecule has 0 aliphatic rings. The van der Waals surface area contributed by atoms with Crippen LogP contribution in [0.2, 0.25) is 0 Å². The van der Waals surface area contributed by atoms with E-state index in [1.165, 1.54) is 0 Å². The van der Waals surface area contributed by atoms with Gasteiger partial charge in [0.05, 0.1) is 18.0 Å². The Bertz CT molecular complexity index is 136. The lowest BCUT2D eigenvalue weighted by molar-refractivity contribution is -0.143. The van der Waals surface area contributed by atoms with Gasteiger partial charge in [-0.1, -0.05) is 0 Å². The van der Waals surface area contributed by atoms with E-state index in [0.717, 1.165) is 6.42 Å². The normalized spacial score (nSPS) is 15.3. The number of ether oxygens (including phenoxy) is 2. The lowest BCUT2D eigenvalue weighted by Gasteiger charge is -2.10. The van der Waals surface area contributed by atoms with Crippen LogP contribution in [0.4, 0.5) is 0 Å². The van der Waals surface area contributed by atoms with E-state index >= 15 is 0 Å². The maximum atomic E-state index is 10.9. The van der Waals surface area contributed by atoms with Crippen molar-refractivity contribution in [3.63, 3.8) is 0 Å². The molecule has 0 spiro atoms. The van der Waals surface area contributed by atoms with Crippen molar-refractivity contribution in [1.29, 1.82) is 0 Å². The predicted octanol–water partition coefficient (Wildman–Crippen LogP) is 1.27. The summed E-state index contributed by atoms with van der Waals surface area (Å²) in [5.74, 6) is -0.276. The van der Waals surface area contributed by atoms with Gasteiger partial charge in [0, 0.05) is 13.5 Å². The quantitative estimate of drug-likeness (QED) is 0.526. The Morgan fingerprint density at radius 2 is 2.08 bits per heavy atom. The first-order chi connectivity index (χ1) is 5.57. The Labute approximate surface area is 78.8 Å². The Kier molecular flexibility index (Phi) is 6.20. The van der Waals surface area contributed by atoms with Gasteiger partial charge in [-0.25, -0.2) is 0 Å². The molecule has 0 bridgehead atoms.